The van der Waals surface area contributed by atoms with Crippen molar-refractivity contribution in [2.75, 3.05) is 0 Å². The van der Waals surface area contributed by atoms with E-state index < -0.39 is 12.0 Å². The summed E-state index contributed by atoms with van der Waals surface area (Å²) in [5.74, 6) is -1.19. The molecule has 1 aliphatic carbocycles. The second kappa shape index (κ2) is 6.48. The van der Waals surface area contributed by atoms with Crippen molar-refractivity contribution in [1.29, 1.82) is 0 Å². The predicted octanol–water partition coefficient (Wildman–Crippen LogP) is 2.28. The zero-order valence-electron chi connectivity index (χ0n) is 15.0. The fraction of sp³-hybridized carbons (Fsp3) is 0.190. The van der Waals surface area contributed by atoms with Gasteiger partial charge in [0.25, 0.3) is 5.56 Å². The third-order valence-corrected chi connectivity index (χ3v) is 5.05. The van der Waals surface area contributed by atoms with E-state index in [1.54, 1.807) is 30.8 Å². The molecule has 1 N–H and O–H groups in total. The maximum atomic E-state index is 13.0. The number of ketones is 1. The Morgan fingerprint density at radius 1 is 0.963 bits per heavy atom. The number of aromatic nitrogens is 2. The van der Waals surface area contributed by atoms with Crippen molar-refractivity contribution in [1.82, 2.24) is 9.36 Å². The van der Waals surface area contributed by atoms with Crippen LogP contribution in [-0.2, 0) is 11.8 Å². The van der Waals surface area contributed by atoms with Gasteiger partial charge in [-0.05, 0) is 31.2 Å². The zero-order valence-corrected chi connectivity index (χ0v) is 15.0. The number of benzene rings is 2. The highest BCUT2D eigenvalue weighted by Crippen LogP contribution is 2.34. The Labute approximate surface area is 156 Å². The van der Waals surface area contributed by atoms with Gasteiger partial charge in [0.2, 0.25) is 0 Å². The van der Waals surface area contributed by atoms with Crippen LogP contribution in [0.15, 0.2) is 70.5 Å². The molecule has 4 rings (SSSR count). The van der Waals surface area contributed by atoms with Crippen molar-refractivity contribution in [3.63, 3.8) is 0 Å². The van der Waals surface area contributed by atoms with Crippen molar-refractivity contribution in [3.05, 3.63) is 82.3 Å². The van der Waals surface area contributed by atoms with Gasteiger partial charge in [0.1, 0.15) is 11.8 Å². The molecule has 136 valence electrons. The molecule has 6 heteroatoms. The van der Waals surface area contributed by atoms with E-state index in [2.05, 4.69) is 4.99 Å². The Bertz CT molecular complexity index is 1090. The summed E-state index contributed by atoms with van der Waals surface area (Å²) < 4.78 is 3.22. The van der Waals surface area contributed by atoms with Crippen LogP contribution >= 0.6 is 0 Å². The summed E-state index contributed by atoms with van der Waals surface area (Å²) in [6.45, 7) is 1.78. The molecule has 0 aliphatic heterocycles. The summed E-state index contributed by atoms with van der Waals surface area (Å²) in [7, 11) is 1.77. The zero-order chi connectivity index (χ0) is 19.1. The van der Waals surface area contributed by atoms with Gasteiger partial charge in [-0.15, -0.1) is 0 Å². The first kappa shape index (κ1) is 17.2. The van der Waals surface area contributed by atoms with Crippen LogP contribution < -0.4 is 5.56 Å². The van der Waals surface area contributed by atoms with Gasteiger partial charge in [0, 0.05) is 12.7 Å². The summed E-state index contributed by atoms with van der Waals surface area (Å²) >= 11 is 0. The molecular formula is C21H19N3O3. The van der Waals surface area contributed by atoms with Crippen LogP contribution in [-0.4, -0.2) is 32.1 Å². The topological polar surface area (TPSA) is 76.6 Å². The Morgan fingerprint density at radius 2 is 1.56 bits per heavy atom. The highest BCUT2D eigenvalue weighted by molar-refractivity contribution is 6.51. The Morgan fingerprint density at radius 3 is 2.15 bits per heavy atom. The number of hydrogen-bond acceptors (Lipinski definition) is 4. The Hall–Kier alpha value is -3.25. The van der Waals surface area contributed by atoms with Crippen LogP contribution in [0, 0.1) is 6.92 Å². The summed E-state index contributed by atoms with van der Waals surface area (Å²) in [4.78, 5) is 30.0. The lowest BCUT2D eigenvalue weighted by molar-refractivity contribution is -0.120. The van der Waals surface area contributed by atoms with Crippen molar-refractivity contribution >= 4 is 17.2 Å². The molecule has 1 fully saturated rings. The second-order valence-electron chi connectivity index (χ2n) is 6.59. The van der Waals surface area contributed by atoms with E-state index in [1.165, 1.54) is 4.68 Å². The summed E-state index contributed by atoms with van der Waals surface area (Å²) in [5.41, 5.74) is 2.09. The molecule has 1 aliphatic rings. The molecule has 0 bridgehead atoms. The van der Waals surface area contributed by atoms with Crippen molar-refractivity contribution in [2.45, 2.75) is 18.9 Å². The molecule has 0 amide bonds. The van der Waals surface area contributed by atoms with Crippen molar-refractivity contribution in [2.24, 2.45) is 12.0 Å². The highest BCUT2D eigenvalue weighted by Gasteiger charge is 2.49. The molecule has 2 unspecified atom stereocenters. The SMILES string of the molecule is Cc1c(C2C(=O)C(=Nc3ccccc3)C2O)c(=O)n(-c2ccccc2)n1C. The third kappa shape index (κ3) is 2.65. The van der Waals surface area contributed by atoms with E-state index in [-0.39, 0.29) is 17.1 Å². The molecule has 1 heterocycles. The fourth-order valence-corrected chi connectivity index (χ4v) is 3.51. The minimum Gasteiger partial charge on any atom is -0.386 e. The second-order valence-corrected chi connectivity index (χ2v) is 6.59. The van der Waals surface area contributed by atoms with Crippen molar-refractivity contribution < 1.29 is 9.90 Å². The standard InChI is InChI=1S/C21H19N3O3/c1-13-16(21(27)24(23(13)2)15-11-7-4-8-12-15)17-19(25)18(20(17)26)22-14-9-5-3-6-10-14/h3-12,17,19,25H,1-2H3. The normalized spacial score (nSPS) is 20.7. The van der Waals surface area contributed by atoms with Gasteiger partial charge < -0.3 is 5.11 Å². The number of para-hydroxylation sites is 2. The Balaban J connectivity index is 1.75. The number of hydrogen-bond donors (Lipinski definition) is 1. The van der Waals surface area contributed by atoms with E-state index >= 15 is 0 Å². The molecule has 0 spiro atoms. The number of aliphatic hydroxyl groups is 1. The Kier molecular flexibility index (Phi) is 4.12. The molecule has 2 atom stereocenters. The lowest BCUT2D eigenvalue weighted by Gasteiger charge is -2.31. The van der Waals surface area contributed by atoms with Crippen LogP contribution in [0.2, 0.25) is 0 Å². The van der Waals surface area contributed by atoms with E-state index in [9.17, 15) is 14.7 Å². The lowest BCUT2D eigenvalue weighted by Crippen LogP contribution is -2.52. The molecule has 1 aromatic heterocycles. The van der Waals surface area contributed by atoms with Gasteiger partial charge in [-0.2, -0.15) is 0 Å². The average Bonchev–Trinajstić information content (AvgIpc) is 2.91. The number of carbonyl (C=O) groups is 1. The fourth-order valence-electron chi connectivity index (χ4n) is 3.51. The molecule has 2 aromatic carbocycles. The highest BCUT2D eigenvalue weighted by atomic mass is 16.3. The average molecular weight is 361 g/mol. The van der Waals surface area contributed by atoms with E-state index in [4.69, 9.17) is 0 Å². The van der Waals surface area contributed by atoms with Gasteiger partial charge in [-0.3, -0.25) is 14.3 Å². The van der Waals surface area contributed by atoms with E-state index in [0.717, 1.165) is 0 Å². The van der Waals surface area contributed by atoms with E-state index in [0.29, 0.717) is 22.6 Å². The number of aliphatic imine (C=N–C) groups is 1. The minimum absolute atomic E-state index is 0.0973. The monoisotopic (exact) mass is 361 g/mol. The molecule has 3 aromatic rings. The van der Waals surface area contributed by atoms with Crippen LogP contribution in [0.1, 0.15) is 17.2 Å². The first-order valence-electron chi connectivity index (χ1n) is 8.70. The number of aliphatic hydroxyl groups excluding tert-OH is 1. The van der Waals surface area contributed by atoms with Crippen LogP contribution in [0.3, 0.4) is 0 Å². The number of carbonyl (C=O) groups excluding carboxylic acids is 1. The third-order valence-electron chi connectivity index (χ3n) is 5.05. The van der Waals surface area contributed by atoms with Crippen LogP contribution in [0.4, 0.5) is 5.69 Å². The van der Waals surface area contributed by atoms with E-state index in [1.807, 2.05) is 48.5 Å². The van der Waals surface area contributed by atoms with Gasteiger partial charge in [0.05, 0.1) is 22.9 Å². The first-order valence-corrected chi connectivity index (χ1v) is 8.70. The lowest BCUT2D eigenvalue weighted by atomic mass is 9.73. The van der Waals surface area contributed by atoms with Gasteiger partial charge >= 0.3 is 0 Å². The molecule has 1 saturated carbocycles. The molecule has 0 saturated heterocycles. The smallest absolute Gasteiger partial charge is 0.275 e. The van der Waals surface area contributed by atoms with Crippen LogP contribution in [0.5, 0.6) is 0 Å². The molecule has 27 heavy (non-hydrogen) atoms. The molecular weight excluding hydrogens is 342 g/mol. The number of Topliss-reactive ketones (excluding diaryl/α,β-unsaturated/α-hetero) is 1. The molecule has 0 radical (unpaired) electrons. The maximum absolute atomic E-state index is 13.0. The maximum Gasteiger partial charge on any atom is 0.275 e. The minimum atomic E-state index is -1.09. The van der Waals surface area contributed by atoms with Gasteiger partial charge in [0.15, 0.2) is 5.78 Å². The quantitative estimate of drug-likeness (QED) is 0.778. The van der Waals surface area contributed by atoms with Gasteiger partial charge in [-0.25, -0.2) is 9.67 Å². The summed E-state index contributed by atoms with van der Waals surface area (Å²) in [6.07, 6.45) is -1.09. The molecule has 6 nitrogen and oxygen atoms in total. The first-order chi connectivity index (χ1) is 13.0. The van der Waals surface area contributed by atoms with Crippen molar-refractivity contribution in [3.8, 4) is 5.69 Å². The van der Waals surface area contributed by atoms with Crippen LogP contribution in [0.25, 0.3) is 5.69 Å². The number of nitrogens with zero attached hydrogens (tertiary/aromatic N) is 3. The summed E-state index contributed by atoms with van der Waals surface area (Å²) in [6, 6.07) is 18.2. The summed E-state index contributed by atoms with van der Waals surface area (Å²) in [5, 5.41) is 10.6. The largest absolute Gasteiger partial charge is 0.386 e. The number of rotatable bonds is 3. The van der Waals surface area contributed by atoms with Gasteiger partial charge in [-0.1, -0.05) is 36.4 Å². The predicted molar refractivity (Wildman–Crippen MR) is 103 cm³/mol.